The van der Waals surface area contributed by atoms with Crippen molar-refractivity contribution >= 4 is 21.7 Å². The number of halogens is 1. The van der Waals surface area contributed by atoms with Gasteiger partial charge in [-0.1, -0.05) is 59.3 Å². The third kappa shape index (κ3) is 3.46. The van der Waals surface area contributed by atoms with Crippen molar-refractivity contribution in [2.75, 3.05) is 5.33 Å². The highest BCUT2D eigenvalue weighted by Crippen LogP contribution is 2.15. The smallest absolute Gasteiger partial charge is 0.165 e. The highest BCUT2D eigenvalue weighted by atomic mass is 79.9. The Kier molecular flexibility index (Phi) is 4.60. The number of alkyl halides is 1. The van der Waals surface area contributed by atoms with Crippen LogP contribution in [0.2, 0.25) is 0 Å². The zero-order valence-corrected chi connectivity index (χ0v) is 9.70. The van der Waals surface area contributed by atoms with Crippen LogP contribution in [-0.4, -0.2) is 11.1 Å². The Hall–Kier alpha value is -0.890. The van der Waals surface area contributed by atoms with Crippen LogP contribution in [0.1, 0.15) is 18.4 Å². The molecule has 0 N–H and O–H groups in total. The van der Waals surface area contributed by atoms with E-state index in [0.717, 1.165) is 0 Å². The van der Waals surface area contributed by atoms with Gasteiger partial charge in [-0.3, -0.25) is 4.79 Å². The third-order valence-electron chi connectivity index (χ3n) is 2.03. The first-order valence-corrected chi connectivity index (χ1v) is 5.68. The second-order valence-electron chi connectivity index (χ2n) is 3.16. The minimum absolute atomic E-state index is 0.104. The average molecular weight is 253 g/mol. The predicted octanol–water partition coefficient (Wildman–Crippen LogP) is 3.31. The van der Waals surface area contributed by atoms with E-state index in [0.29, 0.717) is 11.2 Å². The third-order valence-corrected chi connectivity index (χ3v) is 2.58. The van der Waals surface area contributed by atoms with Gasteiger partial charge in [-0.2, -0.15) is 0 Å². The molecule has 1 aromatic rings. The molecular weight excluding hydrogens is 240 g/mol. The molecule has 0 spiro atoms. The van der Waals surface area contributed by atoms with Gasteiger partial charge in [0.15, 0.2) is 5.78 Å². The van der Waals surface area contributed by atoms with E-state index in [-0.39, 0.29) is 5.78 Å². The van der Waals surface area contributed by atoms with Gasteiger partial charge >= 0.3 is 0 Å². The molecule has 0 fully saturated rings. The van der Waals surface area contributed by atoms with Gasteiger partial charge in [-0.25, -0.2) is 0 Å². The summed E-state index contributed by atoms with van der Waals surface area (Å²) in [5.74, 6) is 0.395. The Balaban J connectivity index is 2.63. The van der Waals surface area contributed by atoms with Crippen LogP contribution in [0.15, 0.2) is 42.5 Å². The van der Waals surface area contributed by atoms with Gasteiger partial charge in [0.25, 0.3) is 0 Å². The fourth-order valence-corrected chi connectivity index (χ4v) is 1.35. The van der Waals surface area contributed by atoms with Gasteiger partial charge in [0.1, 0.15) is 0 Å². The molecule has 0 amide bonds. The average Bonchev–Trinajstić information content (AvgIpc) is 2.26. The largest absolute Gasteiger partial charge is 0.294 e. The fraction of sp³-hybridized carbons (Fsp3) is 0.250. The van der Waals surface area contributed by atoms with Gasteiger partial charge in [0.2, 0.25) is 0 Å². The topological polar surface area (TPSA) is 17.1 Å². The van der Waals surface area contributed by atoms with Crippen molar-refractivity contribution in [3.05, 3.63) is 48.0 Å². The first-order valence-electron chi connectivity index (χ1n) is 4.56. The summed E-state index contributed by atoms with van der Waals surface area (Å²) in [6.07, 6.45) is 3.56. The number of rotatable bonds is 4. The lowest BCUT2D eigenvalue weighted by atomic mass is 10.0. The summed E-state index contributed by atoms with van der Waals surface area (Å²) in [5.41, 5.74) is 1.23. The molecule has 74 valence electrons. The van der Waals surface area contributed by atoms with E-state index in [1.807, 2.05) is 24.3 Å². The molecule has 0 radical (unpaired) electrons. The first kappa shape index (κ1) is 11.2. The lowest BCUT2D eigenvalue weighted by Gasteiger charge is -2.04. The van der Waals surface area contributed by atoms with Crippen LogP contribution in [0, 0.1) is 0 Å². The second-order valence-corrected chi connectivity index (χ2v) is 3.72. The van der Waals surface area contributed by atoms with Gasteiger partial charge in [-0.15, -0.1) is 0 Å². The Bertz CT molecular complexity index is 316. The van der Waals surface area contributed by atoms with Gasteiger partial charge < -0.3 is 0 Å². The van der Waals surface area contributed by atoms with Crippen molar-refractivity contribution in [2.45, 2.75) is 12.8 Å². The molecule has 0 aliphatic carbocycles. The van der Waals surface area contributed by atoms with Gasteiger partial charge in [-0.05, 0) is 17.6 Å². The minimum atomic E-state index is 0.104. The highest BCUT2D eigenvalue weighted by molar-refractivity contribution is 9.09. The van der Waals surface area contributed by atoms with E-state index >= 15 is 0 Å². The van der Waals surface area contributed by atoms with E-state index in [1.54, 1.807) is 6.08 Å². The predicted molar refractivity (Wildman–Crippen MR) is 62.8 cm³/mol. The van der Waals surface area contributed by atoms with Crippen molar-refractivity contribution in [2.24, 2.45) is 0 Å². The molecule has 1 rings (SSSR count). The molecule has 14 heavy (non-hydrogen) atoms. The summed E-state index contributed by atoms with van der Waals surface area (Å²) < 4.78 is 0. The molecule has 2 heteroatoms. The van der Waals surface area contributed by atoms with Gasteiger partial charge in [0.05, 0.1) is 5.33 Å². The van der Waals surface area contributed by atoms with Crippen molar-refractivity contribution in [1.82, 2.24) is 0 Å². The standard InChI is InChI=1S/C12H13BrO/c1-10(7-8-12(14)9-13)11-5-3-2-4-6-11/h2-8,10H,9H2,1H3. The van der Waals surface area contributed by atoms with Crippen LogP contribution in [0.5, 0.6) is 0 Å². The Morgan fingerprint density at radius 3 is 2.64 bits per heavy atom. The minimum Gasteiger partial charge on any atom is -0.294 e. The monoisotopic (exact) mass is 252 g/mol. The Morgan fingerprint density at radius 2 is 2.07 bits per heavy atom. The van der Waals surface area contributed by atoms with Crippen LogP contribution in [0.4, 0.5) is 0 Å². The van der Waals surface area contributed by atoms with Crippen molar-refractivity contribution < 1.29 is 4.79 Å². The van der Waals surface area contributed by atoms with Crippen LogP contribution in [0.3, 0.4) is 0 Å². The number of carbonyl (C=O) groups excluding carboxylic acids is 1. The zero-order chi connectivity index (χ0) is 10.4. The van der Waals surface area contributed by atoms with Crippen LogP contribution in [0.25, 0.3) is 0 Å². The van der Waals surface area contributed by atoms with Crippen LogP contribution in [-0.2, 0) is 4.79 Å². The number of carbonyl (C=O) groups is 1. The lowest BCUT2D eigenvalue weighted by molar-refractivity contribution is -0.112. The zero-order valence-electron chi connectivity index (χ0n) is 8.11. The van der Waals surface area contributed by atoms with E-state index < -0.39 is 0 Å². The van der Waals surface area contributed by atoms with E-state index in [1.165, 1.54) is 5.56 Å². The molecule has 0 saturated heterocycles. The number of hydrogen-bond donors (Lipinski definition) is 0. The number of ketones is 1. The molecule has 0 aliphatic heterocycles. The summed E-state index contributed by atoms with van der Waals surface area (Å²) in [7, 11) is 0. The maximum absolute atomic E-state index is 11.0. The summed E-state index contributed by atoms with van der Waals surface area (Å²) >= 11 is 3.12. The second kappa shape index (κ2) is 5.76. The summed E-state index contributed by atoms with van der Waals surface area (Å²) in [4.78, 5) is 11.0. The molecule has 0 heterocycles. The maximum atomic E-state index is 11.0. The molecular formula is C12H13BrO. The Labute approximate surface area is 93.0 Å². The summed E-state index contributed by atoms with van der Waals surface area (Å²) in [6, 6.07) is 10.1. The maximum Gasteiger partial charge on any atom is 0.165 e. The van der Waals surface area contributed by atoms with Crippen LogP contribution >= 0.6 is 15.9 Å². The molecule has 0 saturated carbocycles. The summed E-state index contributed by atoms with van der Waals surface area (Å²) in [6.45, 7) is 2.08. The number of allylic oxidation sites excluding steroid dienone is 2. The lowest BCUT2D eigenvalue weighted by Crippen LogP contribution is -1.94. The van der Waals surface area contributed by atoms with E-state index in [2.05, 4.69) is 35.0 Å². The fourth-order valence-electron chi connectivity index (χ4n) is 1.16. The molecule has 0 bridgehead atoms. The number of hydrogen-bond acceptors (Lipinski definition) is 1. The van der Waals surface area contributed by atoms with Crippen molar-refractivity contribution in [3.8, 4) is 0 Å². The SMILES string of the molecule is CC(C=CC(=O)CBr)c1ccccc1. The summed E-state index contributed by atoms with van der Waals surface area (Å²) in [5, 5.41) is 0.394. The van der Waals surface area contributed by atoms with Gasteiger partial charge in [0, 0.05) is 0 Å². The van der Waals surface area contributed by atoms with Crippen LogP contribution < -0.4 is 0 Å². The number of benzene rings is 1. The van der Waals surface area contributed by atoms with Crippen molar-refractivity contribution in [1.29, 1.82) is 0 Å². The Morgan fingerprint density at radius 1 is 1.43 bits per heavy atom. The quantitative estimate of drug-likeness (QED) is 0.594. The molecule has 0 aromatic heterocycles. The van der Waals surface area contributed by atoms with E-state index in [4.69, 9.17) is 0 Å². The highest BCUT2D eigenvalue weighted by Gasteiger charge is 2.00. The molecule has 1 aromatic carbocycles. The first-order chi connectivity index (χ1) is 6.74. The molecule has 1 unspecified atom stereocenters. The molecule has 0 aliphatic rings. The normalized spacial score (nSPS) is 13.0. The van der Waals surface area contributed by atoms with Crippen molar-refractivity contribution in [3.63, 3.8) is 0 Å². The van der Waals surface area contributed by atoms with E-state index in [9.17, 15) is 4.79 Å². The molecule has 1 atom stereocenters. The molecule has 1 nitrogen and oxygen atoms in total.